The predicted molar refractivity (Wildman–Crippen MR) is 107 cm³/mol. The summed E-state index contributed by atoms with van der Waals surface area (Å²) in [6, 6.07) is 11.9. The van der Waals surface area contributed by atoms with E-state index >= 15 is 0 Å². The maximum Gasteiger partial charge on any atom is 0.223 e. The van der Waals surface area contributed by atoms with Gasteiger partial charge in [0.15, 0.2) is 0 Å². The molecule has 146 valence electrons. The van der Waals surface area contributed by atoms with E-state index in [0.717, 1.165) is 17.7 Å². The van der Waals surface area contributed by atoms with Crippen molar-refractivity contribution in [3.63, 3.8) is 0 Å². The number of carbonyl (C=O) groups excluding carboxylic acids is 1. The molecular weight excluding hydrogens is 390 g/mol. The van der Waals surface area contributed by atoms with Crippen LogP contribution in [0.2, 0.25) is 5.02 Å². The summed E-state index contributed by atoms with van der Waals surface area (Å²) >= 11 is 6.15. The first-order valence-corrected chi connectivity index (χ1v) is 9.04. The SMILES string of the molecule is COc1ccc(CCC(=O)N2CCNCC2c2cccc(F)c2)cc1Cl.Cl. The molecule has 1 heterocycles. The van der Waals surface area contributed by atoms with Gasteiger partial charge in [-0.1, -0.05) is 29.8 Å². The molecule has 1 saturated heterocycles. The maximum atomic E-state index is 13.6. The van der Waals surface area contributed by atoms with E-state index in [1.807, 2.05) is 29.2 Å². The van der Waals surface area contributed by atoms with Gasteiger partial charge in [0.05, 0.1) is 18.2 Å². The van der Waals surface area contributed by atoms with Crippen LogP contribution in [0.5, 0.6) is 5.75 Å². The van der Waals surface area contributed by atoms with Gasteiger partial charge in [-0.15, -0.1) is 12.4 Å². The molecule has 1 atom stereocenters. The van der Waals surface area contributed by atoms with Crippen LogP contribution in [0.25, 0.3) is 0 Å². The van der Waals surface area contributed by atoms with Gasteiger partial charge in [0.1, 0.15) is 11.6 Å². The molecule has 4 nitrogen and oxygen atoms in total. The number of carbonyl (C=O) groups is 1. The van der Waals surface area contributed by atoms with Crippen molar-refractivity contribution in [3.8, 4) is 5.75 Å². The lowest BCUT2D eigenvalue weighted by Gasteiger charge is -2.36. The minimum atomic E-state index is -0.284. The Morgan fingerprint density at radius 2 is 2.15 bits per heavy atom. The lowest BCUT2D eigenvalue weighted by molar-refractivity contribution is -0.134. The summed E-state index contributed by atoms with van der Waals surface area (Å²) in [4.78, 5) is 14.6. The monoisotopic (exact) mass is 412 g/mol. The highest BCUT2D eigenvalue weighted by atomic mass is 35.5. The highest BCUT2D eigenvalue weighted by Crippen LogP contribution is 2.27. The van der Waals surface area contributed by atoms with Crippen molar-refractivity contribution in [2.75, 3.05) is 26.7 Å². The van der Waals surface area contributed by atoms with Gasteiger partial charge >= 0.3 is 0 Å². The number of piperazine rings is 1. The number of nitrogens with zero attached hydrogens (tertiary/aromatic N) is 1. The van der Waals surface area contributed by atoms with Gasteiger partial charge in [-0.3, -0.25) is 4.79 Å². The summed E-state index contributed by atoms with van der Waals surface area (Å²) in [5.74, 6) is 0.399. The molecule has 2 aromatic carbocycles. The molecule has 1 aliphatic rings. The normalized spacial score (nSPS) is 16.6. The summed E-state index contributed by atoms with van der Waals surface area (Å²) < 4.78 is 18.7. The van der Waals surface area contributed by atoms with Crippen molar-refractivity contribution in [2.45, 2.75) is 18.9 Å². The van der Waals surface area contributed by atoms with E-state index in [4.69, 9.17) is 16.3 Å². The Kier molecular flexibility index (Phi) is 7.90. The van der Waals surface area contributed by atoms with Crippen LogP contribution < -0.4 is 10.1 Å². The molecule has 3 rings (SSSR count). The van der Waals surface area contributed by atoms with Crippen LogP contribution >= 0.6 is 24.0 Å². The summed E-state index contributed by atoms with van der Waals surface area (Å²) in [6.45, 7) is 1.98. The Bertz CT molecular complexity index is 788. The Morgan fingerprint density at radius 1 is 1.33 bits per heavy atom. The minimum Gasteiger partial charge on any atom is -0.495 e. The largest absolute Gasteiger partial charge is 0.495 e. The zero-order chi connectivity index (χ0) is 18.5. The average Bonchev–Trinajstić information content (AvgIpc) is 2.66. The van der Waals surface area contributed by atoms with Crippen LogP contribution in [0.4, 0.5) is 4.39 Å². The van der Waals surface area contributed by atoms with E-state index in [9.17, 15) is 9.18 Å². The third kappa shape index (κ3) is 5.34. The highest BCUT2D eigenvalue weighted by molar-refractivity contribution is 6.32. The molecule has 1 N–H and O–H groups in total. The van der Waals surface area contributed by atoms with E-state index < -0.39 is 0 Å². The van der Waals surface area contributed by atoms with Crippen LogP contribution in [-0.2, 0) is 11.2 Å². The highest BCUT2D eigenvalue weighted by Gasteiger charge is 2.27. The molecule has 1 aliphatic heterocycles. The summed E-state index contributed by atoms with van der Waals surface area (Å²) in [5, 5.41) is 3.82. The first-order valence-electron chi connectivity index (χ1n) is 8.66. The molecule has 1 fully saturated rings. The summed E-state index contributed by atoms with van der Waals surface area (Å²) in [6.07, 6.45) is 0.983. The fourth-order valence-electron chi connectivity index (χ4n) is 3.27. The van der Waals surface area contributed by atoms with Crippen LogP contribution in [0, 0.1) is 5.82 Å². The number of methoxy groups -OCH3 is 1. The first-order chi connectivity index (χ1) is 12.6. The van der Waals surface area contributed by atoms with Gasteiger partial charge < -0.3 is 15.0 Å². The zero-order valence-corrected chi connectivity index (χ0v) is 16.7. The number of halogens is 3. The number of rotatable bonds is 5. The Balaban J connectivity index is 0.00000261. The maximum absolute atomic E-state index is 13.6. The molecule has 0 aromatic heterocycles. The van der Waals surface area contributed by atoms with E-state index in [1.54, 1.807) is 13.2 Å². The summed E-state index contributed by atoms with van der Waals surface area (Å²) in [7, 11) is 1.57. The first kappa shape index (κ1) is 21.5. The fourth-order valence-corrected chi connectivity index (χ4v) is 3.56. The van der Waals surface area contributed by atoms with Crippen molar-refractivity contribution in [1.29, 1.82) is 0 Å². The van der Waals surface area contributed by atoms with Crippen LogP contribution in [0.3, 0.4) is 0 Å². The molecule has 0 saturated carbocycles. The van der Waals surface area contributed by atoms with Crippen molar-refractivity contribution < 1.29 is 13.9 Å². The minimum absolute atomic E-state index is 0. The second-order valence-electron chi connectivity index (χ2n) is 6.33. The third-order valence-electron chi connectivity index (χ3n) is 4.64. The molecule has 7 heteroatoms. The van der Waals surface area contributed by atoms with Crippen molar-refractivity contribution in [3.05, 3.63) is 64.4 Å². The van der Waals surface area contributed by atoms with E-state index in [-0.39, 0.29) is 30.2 Å². The molecule has 1 unspecified atom stereocenters. The smallest absolute Gasteiger partial charge is 0.223 e. The van der Waals surface area contributed by atoms with Crippen molar-refractivity contribution in [1.82, 2.24) is 10.2 Å². The Hall–Kier alpha value is -1.82. The number of ether oxygens (including phenoxy) is 1. The van der Waals surface area contributed by atoms with Gasteiger partial charge in [-0.2, -0.15) is 0 Å². The molecular formula is C20H23Cl2FN2O2. The van der Waals surface area contributed by atoms with E-state index in [0.29, 0.717) is 36.7 Å². The molecule has 0 aliphatic carbocycles. The van der Waals surface area contributed by atoms with E-state index in [1.165, 1.54) is 12.1 Å². The molecule has 0 spiro atoms. The zero-order valence-electron chi connectivity index (χ0n) is 15.1. The second kappa shape index (κ2) is 9.93. The van der Waals surface area contributed by atoms with Crippen molar-refractivity contribution >= 4 is 29.9 Å². The van der Waals surface area contributed by atoms with Gasteiger partial charge in [-0.25, -0.2) is 4.39 Å². The van der Waals surface area contributed by atoms with Gasteiger partial charge in [0.2, 0.25) is 5.91 Å². The van der Waals surface area contributed by atoms with E-state index in [2.05, 4.69) is 5.32 Å². The topological polar surface area (TPSA) is 41.6 Å². The van der Waals surface area contributed by atoms with Crippen LogP contribution in [0.1, 0.15) is 23.6 Å². The van der Waals surface area contributed by atoms with Crippen molar-refractivity contribution in [2.24, 2.45) is 0 Å². The lowest BCUT2D eigenvalue weighted by atomic mass is 10.0. The van der Waals surface area contributed by atoms with Gasteiger partial charge in [-0.05, 0) is 41.8 Å². The molecule has 1 amide bonds. The number of hydrogen-bond donors (Lipinski definition) is 1. The quantitative estimate of drug-likeness (QED) is 0.806. The van der Waals surface area contributed by atoms with Gasteiger partial charge in [0.25, 0.3) is 0 Å². The second-order valence-corrected chi connectivity index (χ2v) is 6.74. The summed E-state index contributed by atoms with van der Waals surface area (Å²) in [5.41, 5.74) is 1.81. The lowest BCUT2D eigenvalue weighted by Crippen LogP contribution is -2.48. The molecule has 27 heavy (non-hydrogen) atoms. The molecule has 2 aromatic rings. The standard InChI is InChI=1S/C20H22ClFN2O2.ClH/c1-26-19-7-5-14(11-17(19)21)6-8-20(25)24-10-9-23-13-18(24)15-3-2-4-16(22)12-15;/h2-5,7,11-12,18,23H,6,8-10,13H2,1H3;1H. The van der Waals surface area contributed by atoms with Gasteiger partial charge in [0, 0.05) is 26.1 Å². The molecule has 0 bridgehead atoms. The molecule has 0 radical (unpaired) electrons. The third-order valence-corrected chi connectivity index (χ3v) is 4.94. The number of hydrogen-bond acceptors (Lipinski definition) is 3. The number of amides is 1. The fraction of sp³-hybridized carbons (Fsp3) is 0.350. The Labute approximate surface area is 170 Å². The predicted octanol–water partition coefficient (Wildman–Crippen LogP) is 4.02. The average molecular weight is 413 g/mol. The number of benzene rings is 2. The van der Waals surface area contributed by atoms with Crippen LogP contribution in [-0.4, -0.2) is 37.6 Å². The number of nitrogens with one attached hydrogen (secondary N) is 1. The Morgan fingerprint density at radius 3 is 2.85 bits per heavy atom. The number of aryl methyl sites for hydroxylation is 1. The van der Waals surface area contributed by atoms with Crippen LogP contribution in [0.15, 0.2) is 42.5 Å².